The number of aliphatic hydroxyl groups is 2. The first-order valence-corrected chi connectivity index (χ1v) is 21.5. The Morgan fingerprint density at radius 3 is 1.16 bits per heavy atom. The third-order valence-corrected chi connectivity index (χ3v) is 8.58. The van der Waals surface area contributed by atoms with Gasteiger partial charge in [0.25, 0.3) is 0 Å². The van der Waals surface area contributed by atoms with Crippen molar-refractivity contribution in [2.24, 2.45) is 0 Å². The van der Waals surface area contributed by atoms with Crippen molar-refractivity contribution in [3.05, 3.63) is 146 Å². The molecule has 0 aliphatic carbocycles. The van der Waals surface area contributed by atoms with Gasteiger partial charge in [-0.05, 0) is 103 Å². The fourth-order valence-electron chi connectivity index (χ4n) is 5.30. The molecule has 2 unspecified atom stereocenters. The lowest BCUT2D eigenvalue weighted by Gasteiger charge is -2.19. The molecule has 4 heteroatoms. The minimum Gasteiger partial charge on any atom is -0.394 e. The quantitative estimate of drug-likeness (QED) is 0.0441. The second-order valence-corrected chi connectivity index (χ2v) is 13.7. The zero-order valence-corrected chi connectivity index (χ0v) is 34.9. The van der Waals surface area contributed by atoms with Crippen molar-refractivity contribution in [3.8, 4) is 0 Å². The number of hydrogen-bond donors (Lipinski definition) is 3. The lowest BCUT2D eigenvalue weighted by atomic mass is 10.1. The smallest absolute Gasteiger partial charge is 0.220 e. The number of nitrogens with one attached hydrogen (secondary N) is 1. The summed E-state index contributed by atoms with van der Waals surface area (Å²) >= 11 is 0. The third kappa shape index (κ3) is 41.3. The van der Waals surface area contributed by atoms with Gasteiger partial charge >= 0.3 is 0 Å². The van der Waals surface area contributed by atoms with Crippen LogP contribution in [0.2, 0.25) is 0 Å². The van der Waals surface area contributed by atoms with Crippen molar-refractivity contribution < 1.29 is 15.0 Å². The van der Waals surface area contributed by atoms with E-state index in [9.17, 15) is 15.0 Å². The monoisotopic (exact) mass is 754 g/mol. The number of unbranched alkanes of at least 4 members (excludes halogenated alkanes) is 7. The molecular formula is C51H79NO3. The van der Waals surface area contributed by atoms with Gasteiger partial charge in [0, 0.05) is 6.42 Å². The number of carbonyl (C=O) groups is 1. The summed E-state index contributed by atoms with van der Waals surface area (Å²) in [7, 11) is 0. The van der Waals surface area contributed by atoms with Crippen molar-refractivity contribution in [3.63, 3.8) is 0 Å². The van der Waals surface area contributed by atoms with Crippen LogP contribution in [0.15, 0.2) is 146 Å². The van der Waals surface area contributed by atoms with Crippen LogP contribution in [0.4, 0.5) is 0 Å². The number of allylic oxidation sites excluding steroid dienone is 23. The van der Waals surface area contributed by atoms with E-state index in [1.54, 1.807) is 6.08 Å². The van der Waals surface area contributed by atoms with E-state index in [2.05, 4.69) is 153 Å². The molecule has 3 N–H and O–H groups in total. The molecule has 2 atom stereocenters. The Morgan fingerprint density at radius 1 is 0.455 bits per heavy atom. The molecule has 0 aromatic carbocycles. The maximum Gasteiger partial charge on any atom is 0.220 e. The number of hydrogen-bond acceptors (Lipinski definition) is 3. The van der Waals surface area contributed by atoms with Crippen LogP contribution >= 0.6 is 0 Å². The molecule has 0 aromatic heterocycles. The normalized spacial score (nSPS) is 14.5. The SMILES string of the molecule is CC/C=C\C/C=C\C/C=C\C/C=C\C/C=C\C/C=C\C/C=C\C/C=C\C/C=C\C/C=C\C/C=C\CCCCCC(=O)NC(CO)C(O)/C=C/CCCCCC. The second kappa shape index (κ2) is 44.7. The molecule has 0 rings (SSSR count). The van der Waals surface area contributed by atoms with Crippen LogP contribution in [0.5, 0.6) is 0 Å². The Morgan fingerprint density at radius 2 is 0.800 bits per heavy atom. The Labute approximate surface area is 338 Å². The molecule has 4 nitrogen and oxygen atoms in total. The van der Waals surface area contributed by atoms with Crippen molar-refractivity contribution in [1.82, 2.24) is 5.32 Å². The molecule has 0 aliphatic heterocycles. The van der Waals surface area contributed by atoms with Crippen LogP contribution in [0.25, 0.3) is 0 Å². The Balaban J connectivity index is 3.73. The van der Waals surface area contributed by atoms with Crippen LogP contribution in [-0.2, 0) is 4.79 Å². The van der Waals surface area contributed by atoms with Crippen molar-refractivity contribution in [2.75, 3.05) is 6.61 Å². The lowest BCUT2D eigenvalue weighted by Crippen LogP contribution is -2.45. The standard InChI is InChI=1S/C51H79NO3/c1-3-5-7-9-11-12-13-14-15-16-17-18-19-20-21-22-23-24-25-26-27-28-29-30-31-32-33-34-35-36-37-38-39-40-41-43-45-47-51(55)52-49(48-53)50(54)46-44-42-10-8-6-4-2/h5,7,11-12,14-15,17-18,20-21,23-24,26-27,29-30,32-33,35-36,38-39,44,46,49-50,53-54H,3-4,6,8-10,13,16,19,22,25,28,31,34,37,40-43,45,47-48H2,1-2H3,(H,52,55)/b7-5-,12-11-,15-14-,18-17-,21-20-,24-23-,27-26-,30-29-,33-32-,36-35-,39-38-,46-44+. The molecule has 306 valence electrons. The molecule has 0 aliphatic rings. The number of carbonyl (C=O) groups excluding carboxylic acids is 1. The van der Waals surface area contributed by atoms with E-state index < -0.39 is 12.1 Å². The van der Waals surface area contributed by atoms with Crippen molar-refractivity contribution in [2.45, 2.75) is 161 Å². The van der Waals surface area contributed by atoms with Gasteiger partial charge in [-0.25, -0.2) is 0 Å². The van der Waals surface area contributed by atoms with Gasteiger partial charge in [-0.1, -0.05) is 185 Å². The van der Waals surface area contributed by atoms with Crippen LogP contribution in [-0.4, -0.2) is 34.9 Å². The Kier molecular flexibility index (Phi) is 41.6. The van der Waals surface area contributed by atoms with Crippen LogP contribution in [0, 0.1) is 0 Å². The second-order valence-electron chi connectivity index (χ2n) is 13.7. The molecule has 0 bridgehead atoms. The van der Waals surface area contributed by atoms with Gasteiger partial charge in [0.1, 0.15) is 0 Å². The fourth-order valence-corrected chi connectivity index (χ4v) is 5.30. The zero-order chi connectivity index (χ0) is 40.0. The molecule has 0 fully saturated rings. The molecule has 0 radical (unpaired) electrons. The third-order valence-electron chi connectivity index (χ3n) is 8.58. The van der Waals surface area contributed by atoms with E-state index >= 15 is 0 Å². The molecule has 0 heterocycles. The highest BCUT2D eigenvalue weighted by Crippen LogP contribution is 2.07. The van der Waals surface area contributed by atoms with Gasteiger partial charge in [0.15, 0.2) is 0 Å². The largest absolute Gasteiger partial charge is 0.394 e. The molecule has 0 spiro atoms. The molecule has 0 aromatic rings. The molecular weight excluding hydrogens is 675 g/mol. The Hall–Kier alpha value is -3.73. The van der Waals surface area contributed by atoms with Gasteiger partial charge in [0.2, 0.25) is 5.91 Å². The average Bonchev–Trinajstić information content (AvgIpc) is 3.19. The van der Waals surface area contributed by atoms with E-state index in [0.717, 1.165) is 109 Å². The average molecular weight is 754 g/mol. The van der Waals surface area contributed by atoms with Gasteiger partial charge in [-0.15, -0.1) is 0 Å². The summed E-state index contributed by atoms with van der Waals surface area (Å²) in [6, 6.07) is -0.647. The molecule has 0 saturated heterocycles. The highest BCUT2D eigenvalue weighted by atomic mass is 16.3. The minimum absolute atomic E-state index is 0.110. The van der Waals surface area contributed by atoms with E-state index in [1.165, 1.54) is 19.3 Å². The maximum absolute atomic E-state index is 12.3. The van der Waals surface area contributed by atoms with E-state index in [-0.39, 0.29) is 12.5 Å². The summed E-state index contributed by atoms with van der Waals surface area (Å²) in [4.78, 5) is 12.3. The highest BCUT2D eigenvalue weighted by molar-refractivity contribution is 5.76. The van der Waals surface area contributed by atoms with E-state index in [0.29, 0.717) is 6.42 Å². The summed E-state index contributed by atoms with van der Waals surface area (Å²) in [6.45, 7) is 4.07. The van der Waals surface area contributed by atoms with Crippen LogP contribution < -0.4 is 5.32 Å². The zero-order valence-electron chi connectivity index (χ0n) is 34.9. The number of rotatable bonds is 36. The number of aliphatic hydroxyl groups excluding tert-OH is 2. The first kappa shape index (κ1) is 51.3. The summed E-state index contributed by atoms with van der Waals surface area (Å²) in [5.41, 5.74) is 0. The fraction of sp³-hybridized carbons (Fsp3) is 0.510. The van der Waals surface area contributed by atoms with Crippen molar-refractivity contribution in [1.29, 1.82) is 0 Å². The Bertz CT molecular complexity index is 1220. The summed E-state index contributed by atoms with van der Waals surface area (Å²) in [6.07, 6.45) is 72.6. The highest BCUT2D eigenvalue weighted by Gasteiger charge is 2.17. The first-order chi connectivity index (χ1) is 27.2. The summed E-state index contributed by atoms with van der Waals surface area (Å²) in [5.74, 6) is -0.110. The van der Waals surface area contributed by atoms with Gasteiger partial charge in [-0.2, -0.15) is 0 Å². The van der Waals surface area contributed by atoms with Gasteiger partial charge in [0.05, 0.1) is 18.8 Å². The number of amides is 1. The molecule has 55 heavy (non-hydrogen) atoms. The molecule has 1 amide bonds. The molecule has 0 saturated carbocycles. The van der Waals surface area contributed by atoms with Crippen molar-refractivity contribution >= 4 is 5.91 Å². The predicted octanol–water partition coefficient (Wildman–Crippen LogP) is 13.7. The predicted molar refractivity (Wildman–Crippen MR) is 243 cm³/mol. The van der Waals surface area contributed by atoms with E-state index in [1.807, 2.05) is 6.08 Å². The first-order valence-electron chi connectivity index (χ1n) is 21.5. The minimum atomic E-state index is -0.860. The summed E-state index contributed by atoms with van der Waals surface area (Å²) < 4.78 is 0. The maximum atomic E-state index is 12.3. The van der Waals surface area contributed by atoms with Crippen LogP contribution in [0.1, 0.15) is 149 Å². The van der Waals surface area contributed by atoms with Crippen LogP contribution in [0.3, 0.4) is 0 Å². The lowest BCUT2D eigenvalue weighted by molar-refractivity contribution is -0.123. The topological polar surface area (TPSA) is 69.6 Å². The van der Waals surface area contributed by atoms with Gasteiger partial charge < -0.3 is 15.5 Å². The van der Waals surface area contributed by atoms with E-state index in [4.69, 9.17) is 0 Å². The summed E-state index contributed by atoms with van der Waals surface area (Å²) in [5, 5.41) is 22.6. The van der Waals surface area contributed by atoms with Gasteiger partial charge in [-0.3, -0.25) is 4.79 Å².